The summed E-state index contributed by atoms with van der Waals surface area (Å²) in [5.41, 5.74) is 1.78. The van der Waals surface area contributed by atoms with Crippen molar-refractivity contribution in [3.8, 4) is 11.5 Å². The van der Waals surface area contributed by atoms with Crippen LogP contribution in [0, 0.1) is 5.82 Å². The minimum atomic E-state index is -0.765. The second-order valence-corrected chi connectivity index (χ2v) is 9.22. The number of nitrogens with zero attached hydrogens (tertiary/aromatic N) is 3. The Hall–Kier alpha value is -4.12. The molecule has 0 unspecified atom stereocenters. The number of piperazine rings is 1. The first kappa shape index (κ1) is 27.9. The van der Waals surface area contributed by atoms with Crippen LogP contribution in [-0.4, -0.2) is 93.2 Å². The first-order valence-electron chi connectivity index (χ1n) is 12.7. The van der Waals surface area contributed by atoms with Gasteiger partial charge in [-0.25, -0.2) is 14.0 Å². The van der Waals surface area contributed by atoms with E-state index in [9.17, 15) is 18.8 Å². The first-order chi connectivity index (χ1) is 18.8. The van der Waals surface area contributed by atoms with E-state index < -0.39 is 17.8 Å². The second kappa shape index (κ2) is 12.2. The average Bonchev–Trinajstić information content (AvgIpc) is 2.95. The lowest BCUT2D eigenvalue weighted by atomic mass is 9.94. The molecule has 1 atom stereocenters. The average molecular weight is 541 g/mol. The molecule has 0 radical (unpaired) electrons. The van der Waals surface area contributed by atoms with Crippen molar-refractivity contribution in [2.45, 2.75) is 13.0 Å². The van der Waals surface area contributed by atoms with Crippen LogP contribution in [-0.2, 0) is 9.53 Å². The van der Waals surface area contributed by atoms with Crippen LogP contribution < -0.4 is 14.8 Å². The molecule has 2 aliphatic heterocycles. The van der Waals surface area contributed by atoms with Gasteiger partial charge >= 0.3 is 12.0 Å². The van der Waals surface area contributed by atoms with E-state index in [1.807, 2.05) is 0 Å². The monoisotopic (exact) mass is 540 g/mol. The summed E-state index contributed by atoms with van der Waals surface area (Å²) >= 11 is 0. The summed E-state index contributed by atoms with van der Waals surface area (Å²) in [6.07, 6.45) is 0. The molecule has 1 saturated heterocycles. The van der Waals surface area contributed by atoms with Gasteiger partial charge < -0.3 is 24.4 Å². The van der Waals surface area contributed by atoms with Crippen LogP contribution in [0.15, 0.2) is 53.7 Å². The molecule has 0 spiro atoms. The van der Waals surface area contributed by atoms with Gasteiger partial charge in [0.05, 0.1) is 32.4 Å². The third kappa shape index (κ3) is 5.98. The van der Waals surface area contributed by atoms with Gasteiger partial charge in [0.25, 0.3) is 5.91 Å². The SMILES string of the molecule is CCOC(=O)C1=C(CN2CCN(C(=O)c3cccc(F)c3)CC2)N(C)C(=O)N[C@H]1c1ccc(OC)c(OC)c1. The van der Waals surface area contributed by atoms with Crippen LogP contribution in [0.4, 0.5) is 9.18 Å². The van der Waals surface area contributed by atoms with Crippen LogP contribution >= 0.6 is 0 Å². The molecular weight excluding hydrogens is 507 g/mol. The van der Waals surface area contributed by atoms with E-state index in [1.165, 1.54) is 37.3 Å². The normalized spacial score (nSPS) is 18.1. The molecule has 2 aliphatic rings. The number of esters is 1. The number of ether oxygens (including phenoxy) is 3. The van der Waals surface area contributed by atoms with Crippen molar-refractivity contribution in [1.82, 2.24) is 20.0 Å². The molecule has 0 aromatic heterocycles. The minimum Gasteiger partial charge on any atom is -0.493 e. The van der Waals surface area contributed by atoms with Gasteiger partial charge in [-0.1, -0.05) is 12.1 Å². The van der Waals surface area contributed by atoms with Crippen LogP contribution in [0.3, 0.4) is 0 Å². The summed E-state index contributed by atoms with van der Waals surface area (Å²) in [5, 5.41) is 2.90. The number of likely N-dealkylation sites (N-methyl/N-ethyl adjacent to an activating group) is 1. The molecule has 1 fully saturated rings. The van der Waals surface area contributed by atoms with Crippen molar-refractivity contribution in [1.29, 1.82) is 0 Å². The molecule has 10 nitrogen and oxygen atoms in total. The third-order valence-electron chi connectivity index (χ3n) is 6.92. The lowest BCUT2D eigenvalue weighted by Gasteiger charge is -2.39. The number of amides is 3. The lowest BCUT2D eigenvalue weighted by Crippen LogP contribution is -2.53. The molecule has 2 aromatic carbocycles. The number of hydrogen-bond acceptors (Lipinski definition) is 7. The first-order valence-corrected chi connectivity index (χ1v) is 12.7. The predicted octanol–water partition coefficient (Wildman–Crippen LogP) is 2.81. The van der Waals surface area contributed by atoms with E-state index in [0.29, 0.717) is 66.6 Å². The van der Waals surface area contributed by atoms with Crippen LogP contribution in [0.1, 0.15) is 28.9 Å². The molecule has 0 saturated carbocycles. The maximum absolute atomic E-state index is 13.6. The van der Waals surface area contributed by atoms with E-state index >= 15 is 0 Å². The quantitative estimate of drug-likeness (QED) is 0.514. The maximum atomic E-state index is 13.6. The smallest absolute Gasteiger partial charge is 0.338 e. The molecule has 2 aromatic rings. The third-order valence-corrected chi connectivity index (χ3v) is 6.92. The van der Waals surface area contributed by atoms with Crippen molar-refractivity contribution in [3.63, 3.8) is 0 Å². The fourth-order valence-corrected chi connectivity index (χ4v) is 4.81. The molecule has 3 amide bonds. The van der Waals surface area contributed by atoms with Gasteiger partial charge in [-0.2, -0.15) is 0 Å². The summed E-state index contributed by atoms with van der Waals surface area (Å²) in [6.45, 7) is 4.06. The zero-order chi connectivity index (χ0) is 28.1. The number of carbonyl (C=O) groups excluding carboxylic acids is 3. The van der Waals surface area contributed by atoms with Gasteiger partial charge in [-0.05, 0) is 42.8 Å². The predicted molar refractivity (Wildman–Crippen MR) is 141 cm³/mol. The summed E-state index contributed by atoms with van der Waals surface area (Å²) in [4.78, 5) is 44.3. The number of rotatable bonds is 8. The Kier molecular flexibility index (Phi) is 8.70. The van der Waals surface area contributed by atoms with Gasteiger partial charge in [0, 0.05) is 51.0 Å². The zero-order valence-corrected chi connectivity index (χ0v) is 22.5. The molecule has 0 bridgehead atoms. The van der Waals surface area contributed by atoms with Gasteiger partial charge in [-0.3, -0.25) is 14.6 Å². The van der Waals surface area contributed by atoms with Crippen molar-refractivity contribution in [2.75, 3.05) is 60.6 Å². The molecular formula is C28H33FN4O6. The van der Waals surface area contributed by atoms with E-state index in [1.54, 1.807) is 43.1 Å². The number of benzene rings is 2. The van der Waals surface area contributed by atoms with Crippen molar-refractivity contribution < 1.29 is 33.0 Å². The van der Waals surface area contributed by atoms with Crippen LogP contribution in [0.2, 0.25) is 0 Å². The largest absolute Gasteiger partial charge is 0.493 e. The van der Waals surface area contributed by atoms with Crippen molar-refractivity contribution >= 4 is 17.9 Å². The Morgan fingerprint density at radius 1 is 1.03 bits per heavy atom. The Labute approximate surface area is 226 Å². The zero-order valence-electron chi connectivity index (χ0n) is 22.5. The molecule has 208 valence electrons. The molecule has 11 heteroatoms. The molecule has 2 heterocycles. The molecule has 0 aliphatic carbocycles. The Morgan fingerprint density at radius 2 is 1.74 bits per heavy atom. The van der Waals surface area contributed by atoms with Gasteiger partial charge in [0.15, 0.2) is 11.5 Å². The number of halogens is 1. The Morgan fingerprint density at radius 3 is 2.38 bits per heavy atom. The second-order valence-electron chi connectivity index (χ2n) is 9.22. The van der Waals surface area contributed by atoms with E-state index in [2.05, 4.69) is 10.2 Å². The summed E-state index contributed by atoms with van der Waals surface area (Å²) in [6, 6.07) is 9.73. The van der Waals surface area contributed by atoms with E-state index in [4.69, 9.17) is 14.2 Å². The lowest BCUT2D eigenvalue weighted by molar-refractivity contribution is -0.139. The highest BCUT2D eigenvalue weighted by Crippen LogP contribution is 2.36. The van der Waals surface area contributed by atoms with Crippen LogP contribution in [0.25, 0.3) is 0 Å². The highest BCUT2D eigenvalue weighted by Gasteiger charge is 2.38. The fraction of sp³-hybridized carbons (Fsp3) is 0.393. The fourth-order valence-electron chi connectivity index (χ4n) is 4.81. The summed E-state index contributed by atoms with van der Waals surface area (Å²) in [5.74, 6) is -0.233. The highest BCUT2D eigenvalue weighted by molar-refractivity contribution is 5.95. The topological polar surface area (TPSA) is 101 Å². The highest BCUT2D eigenvalue weighted by atomic mass is 19.1. The maximum Gasteiger partial charge on any atom is 0.338 e. The standard InChI is InChI=1S/C28H33FN4O6/c1-5-39-27(35)24-21(17-32-11-13-33(14-12-32)26(34)19-7-6-8-20(29)15-19)31(2)28(36)30-25(24)18-9-10-22(37-3)23(16-18)38-4/h6-10,15-16,25H,5,11-14,17H2,1-4H3,(H,30,36)/t25-/m0/s1. The summed E-state index contributed by atoms with van der Waals surface area (Å²) < 4.78 is 29.8. The molecule has 39 heavy (non-hydrogen) atoms. The van der Waals surface area contributed by atoms with Gasteiger partial charge in [0.1, 0.15) is 5.82 Å². The van der Waals surface area contributed by atoms with Crippen molar-refractivity contribution in [3.05, 3.63) is 70.7 Å². The Bertz CT molecular complexity index is 1270. The van der Waals surface area contributed by atoms with Crippen LogP contribution in [0.5, 0.6) is 11.5 Å². The number of carbonyl (C=O) groups is 3. The number of hydrogen-bond donors (Lipinski definition) is 1. The minimum absolute atomic E-state index is 0.173. The Balaban J connectivity index is 1.60. The number of urea groups is 1. The van der Waals surface area contributed by atoms with E-state index in [-0.39, 0.29) is 18.5 Å². The molecule has 4 rings (SSSR count). The van der Waals surface area contributed by atoms with Gasteiger partial charge in [0.2, 0.25) is 0 Å². The van der Waals surface area contributed by atoms with Crippen molar-refractivity contribution in [2.24, 2.45) is 0 Å². The van der Waals surface area contributed by atoms with E-state index in [0.717, 1.165) is 0 Å². The summed E-state index contributed by atoms with van der Waals surface area (Å²) in [7, 11) is 4.65. The van der Waals surface area contributed by atoms with Gasteiger partial charge in [-0.15, -0.1) is 0 Å². The molecule has 1 N–H and O–H groups in total. The number of nitrogens with one attached hydrogen (secondary N) is 1. The number of methoxy groups -OCH3 is 2.